The number of methoxy groups -OCH3 is 1. The van der Waals surface area contributed by atoms with E-state index in [0.29, 0.717) is 11.6 Å². The average Bonchev–Trinajstić information content (AvgIpc) is 3.41. The number of nitrogens with zero attached hydrogens (tertiary/aromatic N) is 2. The number of nitrogens with one attached hydrogen (secondary N) is 2. The summed E-state index contributed by atoms with van der Waals surface area (Å²) in [6.07, 6.45) is 10.7. The summed E-state index contributed by atoms with van der Waals surface area (Å²) >= 11 is 6.27. The van der Waals surface area contributed by atoms with Gasteiger partial charge in [0.05, 0.1) is 19.2 Å². The van der Waals surface area contributed by atoms with E-state index in [1.54, 1.807) is 26.4 Å². The Hall–Kier alpha value is -2.64. The molecule has 0 radical (unpaired) electrons. The molecule has 0 bridgehead atoms. The number of likely N-dealkylation sites (tertiary alicyclic amines) is 1. The third kappa shape index (κ3) is 5.84. The smallest absolute Gasteiger partial charge is 0.245 e. The zero-order valence-corrected chi connectivity index (χ0v) is 22.2. The van der Waals surface area contributed by atoms with Gasteiger partial charge in [-0.05, 0) is 75.4 Å². The third-order valence-electron chi connectivity index (χ3n) is 7.66. The molecule has 3 atom stereocenters. The molecule has 2 N–H and O–H groups in total. The van der Waals surface area contributed by atoms with E-state index in [-0.39, 0.29) is 29.8 Å². The Balaban J connectivity index is 1.61. The van der Waals surface area contributed by atoms with Crippen molar-refractivity contribution in [3.63, 3.8) is 0 Å². The van der Waals surface area contributed by atoms with E-state index in [4.69, 9.17) is 16.3 Å². The molecule has 1 aromatic carbocycles. The zero-order chi connectivity index (χ0) is 25.7. The topological polar surface area (TPSA) is 83.6 Å². The maximum atomic E-state index is 14.0. The van der Waals surface area contributed by atoms with Crippen LogP contribution in [0.1, 0.15) is 63.5 Å². The Morgan fingerprint density at radius 1 is 1.11 bits per heavy atom. The van der Waals surface area contributed by atoms with Gasteiger partial charge in [0, 0.05) is 35.1 Å². The van der Waals surface area contributed by atoms with Gasteiger partial charge in [0.15, 0.2) is 0 Å². The summed E-state index contributed by atoms with van der Waals surface area (Å²) in [7, 11) is 3.39. The van der Waals surface area contributed by atoms with Crippen molar-refractivity contribution in [3.8, 4) is 16.9 Å². The molecule has 194 valence electrons. The number of carbonyl (C=O) groups excluding carboxylic acids is 2. The number of halogens is 1. The lowest BCUT2D eigenvalue weighted by atomic mass is 9.83. The number of pyridine rings is 1. The van der Waals surface area contributed by atoms with E-state index >= 15 is 0 Å². The molecule has 1 saturated heterocycles. The minimum atomic E-state index is -0.502. The first-order valence-electron chi connectivity index (χ1n) is 13.0. The van der Waals surface area contributed by atoms with Gasteiger partial charge in [-0.15, -0.1) is 0 Å². The van der Waals surface area contributed by atoms with Crippen molar-refractivity contribution < 1.29 is 14.3 Å². The van der Waals surface area contributed by atoms with Crippen molar-refractivity contribution in [2.45, 2.75) is 70.0 Å². The maximum absolute atomic E-state index is 14.0. The highest BCUT2D eigenvalue weighted by atomic mass is 35.5. The number of amides is 2. The fourth-order valence-electron chi connectivity index (χ4n) is 5.51. The number of hydrogen-bond acceptors (Lipinski definition) is 5. The molecular weight excluding hydrogens is 476 g/mol. The summed E-state index contributed by atoms with van der Waals surface area (Å²) in [5.41, 5.74) is 2.74. The number of hydrogen-bond donors (Lipinski definition) is 2. The van der Waals surface area contributed by atoms with Crippen LogP contribution in [-0.2, 0) is 9.59 Å². The van der Waals surface area contributed by atoms with Crippen molar-refractivity contribution in [1.29, 1.82) is 0 Å². The lowest BCUT2D eigenvalue weighted by Crippen LogP contribution is -2.55. The quantitative estimate of drug-likeness (QED) is 0.533. The van der Waals surface area contributed by atoms with Crippen molar-refractivity contribution in [1.82, 2.24) is 20.5 Å². The van der Waals surface area contributed by atoms with E-state index in [0.717, 1.165) is 61.0 Å². The first-order chi connectivity index (χ1) is 17.4. The largest absolute Gasteiger partial charge is 0.496 e. The van der Waals surface area contributed by atoms with Gasteiger partial charge in [-0.3, -0.25) is 14.6 Å². The van der Waals surface area contributed by atoms with Gasteiger partial charge in [0.25, 0.3) is 0 Å². The molecule has 0 spiro atoms. The van der Waals surface area contributed by atoms with E-state index in [2.05, 4.69) is 21.7 Å². The van der Waals surface area contributed by atoms with Crippen molar-refractivity contribution >= 4 is 23.4 Å². The molecule has 4 rings (SSSR count). The summed E-state index contributed by atoms with van der Waals surface area (Å²) in [4.78, 5) is 33.3. The highest BCUT2D eigenvalue weighted by Crippen LogP contribution is 2.38. The van der Waals surface area contributed by atoms with Gasteiger partial charge in [0.2, 0.25) is 11.8 Å². The molecule has 1 unspecified atom stereocenters. The zero-order valence-electron chi connectivity index (χ0n) is 21.4. The van der Waals surface area contributed by atoms with Crippen LogP contribution in [0.25, 0.3) is 11.1 Å². The van der Waals surface area contributed by atoms with Crippen LogP contribution in [0, 0.1) is 5.92 Å². The maximum Gasteiger partial charge on any atom is 0.245 e. The Kier molecular flexibility index (Phi) is 8.86. The van der Waals surface area contributed by atoms with Gasteiger partial charge < -0.3 is 20.3 Å². The highest BCUT2D eigenvalue weighted by Gasteiger charge is 2.39. The van der Waals surface area contributed by atoms with E-state index < -0.39 is 6.04 Å². The van der Waals surface area contributed by atoms with Crippen LogP contribution >= 0.6 is 11.6 Å². The number of rotatable bonds is 8. The van der Waals surface area contributed by atoms with Crippen LogP contribution in [0.4, 0.5) is 0 Å². The lowest BCUT2D eigenvalue weighted by molar-refractivity contribution is -0.139. The number of aromatic nitrogens is 1. The van der Waals surface area contributed by atoms with E-state index in [1.807, 2.05) is 30.2 Å². The standard InChI is InChI=1S/C28H37ClN4O3/c1-18(30-2)27(34)32-26(19-8-5-4-6-9-19)28(35)33-13-7-10-24(33)21-14-20(16-31-17-21)23-15-22(29)11-12-25(23)36-3/h11-12,14-19,24,26,30H,4-10,13H2,1-3H3,(H,32,34)/t18?,24-,26-/m0/s1. The molecule has 1 aliphatic heterocycles. The monoisotopic (exact) mass is 512 g/mol. The van der Waals surface area contributed by atoms with E-state index in [1.165, 1.54) is 6.42 Å². The molecule has 8 heteroatoms. The fraction of sp³-hybridized carbons (Fsp3) is 0.536. The normalized spacial score (nSPS) is 20.1. The first-order valence-corrected chi connectivity index (χ1v) is 13.4. The Morgan fingerprint density at radius 3 is 2.61 bits per heavy atom. The van der Waals surface area contributed by atoms with Crippen LogP contribution in [0.2, 0.25) is 5.02 Å². The molecule has 2 heterocycles. The molecule has 2 amide bonds. The average molecular weight is 513 g/mol. The first kappa shape index (κ1) is 26.4. The van der Waals surface area contributed by atoms with E-state index in [9.17, 15) is 9.59 Å². The Bertz CT molecular complexity index is 1070. The SMILES string of the molecule is CNC(C)C(=O)N[C@H](C(=O)N1CCC[C@H]1c1cncc(-c2cc(Cl)ccc2OC)c1)C1CCCCC1. The predicted molar refractivity (Wildman–Crippen MR) is 142 cm³/mol. The number of benzene rings is 1. The van der Waals surface area contributed by atoms with Crippen molar-refractivity contribution in [2.24, 2.45) is 5.92 Å². The summed E-state index contributed by atoms with van der Waals surface area (Å²) in [6, 6.07) is 6.66. The van der Waals surface area contributed by atoms with Gasteiger partial charge in [-0.1, -0.05) is 30.9 Å². The molecule has 1 aliphatic carbocycles. The summed E-state index contributed by atoms with van der Waals surface area (Å²) in [5, 5.41) is 6.71. The van der Waals surface area contributed by atoms with Crippen molar-refractivity contribution in [3.05, 3.63) is 47.2 Å². The number of ether oxygens (including phenoxy) is 1. The predicted octanol–water partition coefficient (Wildman–Crippen LogP) is 4.75. The van der Waals surface area contributed by atoms with Gasteiger partial charge in [-0.25, -0.2) is 0 Å². The summed E-state index contributed by atoms with van der Waals surface area (Å²) < 4.78 is 5.55. The third-order valence-corrected chi connectivity index (χ3v) is 7.90. The summed E-state index contributed by atoms with van der Waals surface area (Å²) in [6.45, 7) is 2.49. The molecule has 2 aromatic rings. The minimum absolute atomic E-state index is 0.0202. The molecule has 2 aliphatic rings. The molecule has 7 nitrogen and oxygen atoms in total. The summed E-state index contributed by atoms with van der Waals surface area (Å²) in [5.74, 6) is 0.776. The van der Waals surface area contributed by atoms with Crippen LogP contribution in [-0.4, -0.2) is 54.5 Å². The van der Waals surface area contributed by atoms with Crippen LogP contribution in [0.3, 0.4) is 0 Å². The molecule has 2 fully saturated rings. The van der Waals surface area contributed by atoms with Gasteiger partial charge in [0.1, 0.15) is 11.8 Å². The molecule has 36 heavy (non-hydrogen) atoms. The number of likely N-dealkylation sites (N-methyl/N-ethyl adjacent to an activating group) is 1. The molecule has 1 aromatic heterocycles. The second kappa shape index (κ2) is 12.1. The van der Waals surface area contributed by atoms with Crippen LogP contribution < -0.4 is 15.4 Å². The Labute approximate surface area is 218 Å². The van der Waals surface area contributed by atoms with Gasteiger partial charge >= 0.3 is 0 Å². The van der Waals surface area contributed by atoms with Crippen molar-refractivity contribution in [2.75, 3.05) is 20.7 Å². The fourth-order valence-corrected chi connectivity index (χ4v) is 5.68. The lowest BCUT2D eigenvalue weighted by Gasteiger charge is -2.35. The minimum Gasteiger partial charge on any atom is -0.496 e. The van der Waals surface area contributed by atoms with Crippen LogP contribution in [0.15, 0.2) is 36.7 Å². The Morgan fingerprint density at radius 2 is 1.89 bits per heavy atom. The number of carbonyl (C=O) groups is 2. The second-order valence-electron chi connectivity index (χ2n) is 9.94. The molecule has 1 saturated carbocycles. The highest BCUT2D eigenvalue weighted by molar-refractivity contribution is 6.31. The van der Waals surface area contributed by atoms with Gasteiger partial charge in [-0.2, -0.15) is 0 Å². The molecular formula is C28H37ClN4O3. The second-order valence-corrected chi connectivity index (χ2v) is 10.4. The van der Waals surface area contributed by atoms with Crippen LogP contribution in [0.5, 0.6) is 5.75 Å².